The predicted molar refractivity (Wildman–Crippen MR) is 87.3 cm³/mol. The summed E-state index contributed by atoms with van der Waals surface area (Å²) in [5.74, 6) is 0.673. The van der Waals surface area contributed by atoms with E-state index >= 15 is 0 Å². The van der Waals surface area contributed by atoms with Gasteiger partial charge in [0.2, 0.25) is 0 Å². The van der Waals surface area contributed by atoms with Gasteiger partial charge in [0.25, 0.3) is 0 Å². The van der Waals surface area contributed by atoms with E-state index in [-0.39, 0.29) is 11.4 Å². The SMILES string of the molecule is COc1cccc(/C=C/NC(=O)Nc2cc(Cl)ccc2O)c1. The highest BCUT2D eigenvalue weighted by Gasteiger charge is 2.05. The molecule has 0 unspecified atom stereocenters. The van der Waals surface area contributed by atoms with Crippen LogP contribution in [0.15, 0.2) is 48.7 Å². The Labute approximate surface area is 133 Å². The van der Waals surface area contributed by atoms with Crippen LogP contribution in [0.3, 0.4) is 0 Å². The van der Waals surface area contributed by atoms with Crippen LogP contribution in [-0.2, 0) is 0 Å². The molecule has 0 fully saturated rings. The molecule has 2 amide bonds. The summed E-state index contributed by atoms with van der Waals surface area (Å²) in [6, 6.07) is 11.3. The largest absolute Gasteiger partial charge is 0.506 e. The molecule has 22 heavy (non-hydrogen) atoms. The van der Waals surface area contributed by atoms with Crippen molar-refractivity contribution in [1.82, 2.24) is 5.32 Å². The maximum atomic E-state index is 11.7. The zero-order chi connectivity index (χ0) is 15.9. The lowest BCUT2D eigenvalue weighted by Gasteiger charge is -2.07. The Bertz CT molecular complexity index is 702. The second-order valence-corrected chi connectivity index (χ2v) is 4.81. The number of nitrogens with one attached hydrogen (secondary N) is 2. The number of urea groups is 1. The van der Waals surface area contributed by atoms with Crippen LogP contribution in [0.5, 0.6) is 11.5 Å². The van der Waals surface area contributed by atoms with Gasteiger partial charge in [-0.25, -0.2) is 4.79 Å². The smallest absolute Gasteiger partial charge is 0.323 e. The average Bonchev–Trinajstić information content (AvgIpc) is 2.51. The molecule has 2 rings (SSSR count). The van der Waals surface area contributed by atoms with Crippen molar-refractivity contribution in [2.75, 3.05) is 12.4 Å². The number of methoxy groups -OCH3 is 1. The molecule has 0 heterocycles. The molecule has 2 aromatic carbocycles. The van der Waals surface area contributed by atoms with E-state index in [4.69, 9.17) is 16.3 Å². The van der Waals surface area contributed by atoms with E-state index in [1.165, 1.54) is 24.4 Å². The molecule has 0 spiro atoms. The van der Waals surface area contributed by atoms with Crippen LogP contribution in [0.25, 0.3) is 6.08 Å². The van der Waals surface area contributed by atoms with Gasteiger partial charge in [0.15, 0.2) is 0 Å². The summed E-state index contributed by atoms with van der Waals surface area (Å²) < 4.78 is 5.11. The van der Waals surface area contributed by atoms with Crippen LogP contribution in [0.2, 0.25) is 5.02 Å². The van der Waals surface area contributed by atoms with E-state index in [0.29, 0.717) is 5.02 Å². The molecule has 0 atom stereocenters. The van der Waals surface area contributed by atoms with Crippen molar-refractivity contribution in [3.05, 3.63) is 59.3 Å². The van der Waals surface area contributed by atoms with Crippen molar-refractivity contribution < 1.29 is 14.6 Å². The second kappa shape index (κ2) is 7.38. The summed E-state index contributed by atoms with van der Waals surface area (Å²) in [7, 11) is 1.59. The van der Waals surface area contributed by atoms with E-state index in [0.717, 1.165) is 11.3 Å². The Hall–Kier alpha value is -2.66. The van der Waals surface area contributed by atoms with E-state index < -0.39 is 6.03 Å². The molecule has 2 aromatic rings. The van der Waals surface area contributed by atoms with Crippen LogP contribution in [0, 0.1) is 0 Å². The van der Waals surface area contributed by atoms with Gasteiger partial charge in [-0.05, 0) is 42.0 Å². The first-order valence-electron chi connectivity index (χ1n) is 6.45. The third-order valence-corrected chi connectivity index (χ3v) is 3.03. The highest BCUT2D eigenvalue weighted by atomic mass is 35.5. The summed E-state index contributed by atoms with van der Waals surface area (Å²) in [6.07, 6.45) is 3.21. The Kier molecular flexibility index (Phi) is 5.27. The second-order valence-electron chi connectivity index (χ2n) is 4.37. The van der Waals surface area contributed by atoms with Crippen molar-refractivity contribution in [3.8, 4) is 11.5 Å². The maximum Gasteiger partial charge on any atom is 0.323 e. The number of carbonyl (C=O) groups is 1. The van der Waals surface area contributed by atoms with Crippen LogP contribution >= 0.6 is 11.6 Å². The van der Waals surface area contributed by atoms with Gasteiger partial charge in [-0.1, -0.05) is 23.7 Å². The summed E-state index contributed by atoms with van der Waals surface area (Å²) in [6.45, 7) is 0. The summed E-state index contributed by atoms with van der Waals surface area (Å²) in [5.41, 5.74) is 1.12. The lowest BCUT2D eigenvalue weighted by atomic mass is 10.2. The number of hydrogen-bond donors (Lipinski definition) is 3. The summed E-state index contributed by atoms with van der Waals surface area (Å²) >= 11 is 5.80. The van der Waals surface area contributed by atoms with Gasteiger partial charge in [-0.3, -0.25) is 0 Å². The molecule has 0 aliphatic rings. The molecule has 0 aliphatic heterocycles. The van der Waals surface area contributed by atoms with Crippen molar-refractivity contribution in [3.63, 3.8) is 0 Å². The maximum absolute atomic E-state index is 11.7. The third kappa shape index (κ3) is 4.43. The first kappa shape index (κ1) is 15.7. The van der Waals surface area contributed by atoms with Crippen molar-refractivity contribution >= 4 is 29.4 Å². The highest BCUT2D eigenvalue weighted by Crippen LogP contribution is 2.26. The van der Waals surface area contributed by atoms with Gasteiger partial charge in [-0.15, -0.1) is 0 Å². The fourth-order valence-corrected chi connectivity index (χ4v) is 1.90. The number of carbonyl (C=O) groups excluding carboxylic acids is 1. The van der Waals surface area contributed by atoms with Gasteiger partial charge in [0.05, 0.1) is 12.8 Å². The molecule has 114 valence electrons. The molecule has 0 aromatic heterocycles. The number of rotatable bonds is 4. The summed E-state index contributed by atoms with van der Waals surface area (Å²) in [5, 5.41) is 15.1. The standard InChI is InChI=1S/C16H15ClN2O3/c1-22-13-4-2-3-11(9-13)7-8-18-16(21)19-14-10-12(17)5-6-15(14)20/h2-10,20H,1H3,(H2,18,19,21)/b8-7+. The van der Waals surface area contributed by atoms with Crippen molar-refractivity contribution in [1.29, 1.82) is 0 Å². The van der Waals surface area contributed by atoms with E-state index in [9.17, 15) is 9.90 Å². The third-order valence-electron chi connectivity index (χ3n) is 2.79. The normalized spacial score (nSPS) is 10.5. The zero-order valence-corrected chi connectivity index (χ0v) is 12.6. The quantitative estimate of drug-likeness (QED) is 0.750. The molecule has 0 radical (unpaired) electrons. The lowest BCUT2D eigenvalue weighted by molar-refractivity contribution is 0.255. The number of ether oxygens (including phenoxy) is 1. The van der Waals surface area contributed by atoms with E-state index in [1.54, 1.807) is 13.2 Å². The van der Waals surface area contributed by atoms with Gasteiger partial charge in [0.1, 0.15) is 11.5 Å². The highest BCUT2D eigenvalue weighted by molar-refractivity contribution is 6.31. The molecule has 6 heteroatoms. The number of halogens is 1. The fraction of sp³-hybridized carbons (Fsp3) is 0.0625. The number of aromatic hydroxyl groups is 1. The van der Waals surface area contributed by atoms with Crippen molar-refractivity contribution in [2.45, 2.75) is 0 Å². The molecule has 0 aliphatic carbocycles. The van der Waals surface area contributed by atoms with E-state index in [1.807, 2.05) is 24.3 Å². The minimum Gasteiger partial charge on any atom is -0.506 e. The first-order valence-corrected chi connectivity index (χ1v) is 6.83. The average molecular weight is 319 g/mol. The topological polar surface area (TPSA) is 70.6 Å². The van der Waals surface area contributed by atoms with Crippen LogP contribution in [-0.4, -0.2) is 18.2 Å². The van der Waals surface area contributed by atoms with Crippen LogP contribution in [0.4, 0.5) is 10.5 Å². The molecular formula is C16H15ClN2O3. The Morgan fingerprint density at radius 1 is 1.27 bits per heavy atom. The number of hydrogen-bond acceptors (Lipinski definition) is 3. The van der Waals surface area contributed by atoms with Crippen LogP contribution in [0.1, 0.15) is 5.56 Å². The number of phenols is 1. The fourth-order valence-electron chi connectivity index (χ4n) is 1.73. The molecule has 0 saturated heterocycles. The Morgan fingerprint density at radius 3 is 2.86 bits per heavy atom. The van der Waals surface area contributed by atoms with Gasteiger partial charge in [-0.2, -0.15) is 0 Å². The monoisotopic (exact) mass is 318 g/mol. The van der Waals surface area contributed by atoms with Gasteiger partial charge in [0, 0.05) is 11.2 Å². The minimum absolute atomic E-state index is 0.0590. The van der Waals surface area contributed by atoms with Gasteiger partial charge >= 0.3 is 6.03 Å². The summed E-state index contributed by atoms with van der Waals surface area (Å²) in [4.78, 5) is 11.7. The first-order chi connectivity index (χ1) is 10.6. The lowest BCUT2D eigenvalue weighted by Crippen LogP contribution is -2.23. The molecule has 0 bridgehead atoms. The van der Waals surface area contributed by atoms with Crippen LogP contribution < -0.4 is 15.4 Å². The van der Waals surface area contributed by atoms with E-state index in [2.05, 4.69) is 10.6 Å². The van der Waals surface area contributed by atoms with Crippen molar-refractivity contribution in [2.24, 2.45) is 0 Å². The number of anilines is 1. The Balaban J connectivity index is 1.94. The Morgan fingerprint density at radius 2 is 2.09 bits per heavy atom. The predicted octanol–water partition coefficient (Wildman–Crippen LogP) is 3.85. The number of amides is 2. The number of phenolic OH excluding ortho intramolecular Hbond substituents is 1. The molecule has 3 N–H and O–H groups in total. The molecular weight excluding hydrogens is 304 g/mol. The molecule has 0 saturated carbocycles. The molecule has 5 nitrogen and oxygen atoms in total. The van der Waals surface area contributed by atoms with Gasteiger partial charge < -0.3 is 20.5 Å². The zero-order valence-electron chi connectivity index (χ0n) is 11.8. The number of benzene rings is 2. The minimum atomic E-state index is -0.489.